The van der Waals surface area contributed by atoms with Gasteiger partial charge in [0, 0.05) is 33.6 Å². The quantitative estimate of drug-likeness (QED) is 0.747. The zero-order valence-corrected chi connectivity index (χ0v) is 11.2. The van der Waals surface area contributed by atoms with Crippen molar-refractivity contribution in [3.63, 3.8) is 0 Å². The predicted molar refractivity (Wildman–Crippen MR) is 67.5 cm³/mol. The van der Waals surface area contributed by atoms with Crippen LogP contribution in [-0.2, 0) is 9.59 Å². The number of rotatable bonds is 4. The van der Waals surface area contributed by atoms with Gasteiger partial charge in [-0.2, -0.15) is 0 Å². The van der Waals surface area contributed by atoms with Gasteiger partial charge in [0.15, 0.2) is 0 Å². The molecule has 98 valence electrons. The van der Waals surface area contributed by atoms with Crippen LogP contribution in [0.2, 0.25) is 0 Å². The molecule has 4 nitrogen and oxygen atoms in total. The van der Waals surface area contributed by atoms with E-state index in [1.54, 1.807) is 19.0 Å². The Morgan fingerprint density at radius 3 is 2.65 bits per heavy atom. The van der Waals surface area contributed by atoms with Crippen molar-refractivity contribution < 1.29 is 9.59 Å². The molecule has 0 aromatic carbocycles. The molecule has 0 N–H and O–H groups in total. The Morgan fingerprint density at radius 1 is 1.35 bits per heavy atom. The molecule has 0 saturated carbocycles. The van der Waals surface area contributed by atoms with Gasteiger partial charge in [0.2, 0.25) is 11.8 Å². The standard InChI is InChI=1S/C13H24N2O2/c1-4-5-8-12(16)15-9-6-7-11(10-15)13(17)14(2)3/h11H,4-10H2,1-3H3. The molecule has 0 aromatic heterocycles. The van der Waals surface area contributed by atoms with Crippen LogP contribution >= 0.6 is 0 Å². The number of carbonyl (C=O) groups is 2. The molecule has 0 radical (unpaired) electrons. The third-order valence-corrected chi connectivity index (χ3v) is 3.31. The number of piperidine rings is 1. The molecule has 0 aromatic rings. The largest absolute Gasteiger partial charge is 0.349 e. The minimum atomic E-state index is 0.00401. The van der Waals surface area contributed by atoms with Gasteiger partial charge in [-0.3, -0.25) is 9.59 Å². The molecule has 1 atom stereocenters. The van der Waals surface area contributed by atoms with Gasteiger partial charge in [0.1, 0.15) is 0 Å². The highest BCUT2D eigenvalue weighted by atomic mass is 16.2. The number of nitrogens with zero attached hydrogens (tertiary/aromatic N) is 2. The number of unbranched alkanes of at least 4 members (excludes halogenated alkanes) is 1. The predicted octanol–water partition coefficient (Wildman–Crippen LogP) is 1.50. The van der Waals surface area contributed by atoms with Crippen molar-refractivity contribution in [1.82, 2.24) is 9.80 Å². The molecule has 2 amide bonds. The van der Waals surface area contributed by atoms with E-state index in [-0.39, 0.29) is 17.7 Å². The maximum Gasteiger partial charge on any atom is 0.226 e. The molecule has 17 heavy (non-hydrogen) atoms. The first-order chi connectivity index (χ1) is 8.06. The van der Waals surface area contributed by atoms with Crippen LogP contribution in [-0.4, -0.2) is 48.8 Å². The second-order valence-electron chi connectivity index (χ2n) is 5.02. The van der Waals surface area contributed by atoms with Crippen molar-refractivity contribution in [3.05, 3.63) is 0 Å². The molecule has 1 heterocycles. The van der Waals surface area contributed by atoms with Crippen LogP contribution in [0.3, 0.4) is 0 Å². The lowest BCUT2D eigenvalue weighted by Crippen LogP contribution is -2.45. The van der Waals surface area contributed by atoms with Gasteiger partial charge in [-0.25, -0.2) is 0 Å². The minimum absolute atomic E-state index is 0.00401. The van der Waals surface area contributed by atoms with Crippen molar-refractivity contribution in [1.29, 1.82) is 0 Å². The monoisotopic (exact) mass is 240 g/mol. The molecule has 1 aliphatic heterocycles. The minimum Gasteiger partial charge on any atom is -0.349 e. The van der Waals surface area contributed by atoms with Gasteiger partial charge in [-0.05, 0) is 19.3 Å². The van der Waals surface area contributed by atoms with E-state index in [0.717, 1.165) is 32.2 Å². The Kier molecular flexibility index (Phi) is 5.45. The van der Waals surface area contributed by atoms with Crippen LogP contribution in [0.15, 0.2) is 0 Å². The van der Waals surface area contributed by atoms with E-state index in [1.165, 1.54) is 0 Å². The van der Waals surface area contributed by atoms with Crippen molar-refractivity contribution >= 4 is 11.8 Å². The lowest BCUT2D eigenvalue weighted by molar-refractivity contribution is -0.139. The molecular weight excluding hydrogens is 216 g/mol. The number of amides is 2. The zero-order valence-electron chi connectivity index (χ0n) is 11.2. The smallest absolute Gasteiger partial charge is 0.226 e. The highest BCUT2D eigenvalue weighted by Gasteiger charge is 2.28. The van der Waals surface area contributed by atoms with Gasteiger partial charge >= 0.3 is 0 Å². The lowest BCUT2D eigenvalue weighted by atomic mass is 9.96. The molecule has 0 aliphatic carbocycles. The molecule has 1 rings (SSSR count). The number of hydrogen-bond acceptors (Lipinski definition) is 2. The summed E-state index contributed by atoms with van der Waals surface area (Å²) in [5.74, 6) is 0.366. The second-order valence-corrected chi connectivity index (χ2v) is 5.02. The van der Waals surface area contributed by atoms with Gasteiger partial charge < -0.3 is 9.80 Å². The molecule has 0 spiro atoms. The average molecular weight is 240 g/mol. The van der Waals surface area contributed by atoms with E-state index in [4.69, 9.17) is 0 Å². The third-order valence-electron chi connectivity index (χ3n) is 3.31. The van der Waals surface area contributed by atoms with Gasteiger partial charge in [0.05, 0.1) is 5.92 Å². The summed E-state index contributed by atoms with van der Waals surface area (Å²) in [7, 11) is 3.56. The van der Waals surface area contributed by atoms with Crippen LogP contribution in [0.4, 0.5) is 0 Å². The summed E-state index contributed by atoms with van der Waals surface area (Å²) in [6.45, 7) is 3.52. The fourth-order valence-corrected chi connectivity index (χ4v) is 2.26. The van der Waals surface area contributed by atoms with Crippen molar-refractivity contribution in [2.24, 2.45) is 5.92 Å². The summed E-state index contributed by atoms with van der Waals surface area (Å²) >= 11 is 0. The van der Waals surface area contributed by atoms with Crippen LogP contribution in [0, 0.1) is 5.92 Å². The summed E-state index contributed by atoms with van der Waals surface area (Å²) in [5, 5.41) is 0. The Morgan fingerprint density at radius 2 is 2.06 bits per heavy atom. The van der Waals surface area contributed by atoms with Crippen LogP contribution in [0.1, 0.15) is 39.0 Å². The van der Waals surface area contributed by atoms with Crippen molar-refractivity contribution in [2.45, 2.75) is 39.0 Å². The molecular formula is C13H24N2O2. The maximum atomic E-state index is 11.9. The Balaban J connectivity index is 2.48. The fourth-order valence-electron chi connectivity index (χ4n) is 2.26. The average Bonchev–Trinajstić information content (AvgIpc) is 2.35. The van der Waals surface area contributed by atoms with E-state index in [1.807, 2.05) is 4.90 Å². The maximum absolute atomic E-state index is 11.9. The zero-order chi connectivity index (χ0) is 12.8. The van der Waals surface area contributed by atoms with E-state index >= 15 is 0 Å². The van der Waals surface area contributed by atoms with E-state index < -0.39 is 0 Å². The molecule has 1 unspecified atom stereocenters. The summed E-state index contributed by atoms with van der Waals surface area (Å²) in [5.41, 5.74) is 0. The van der Waals surface area contributed by atoms with Gasteiger partial charge in [-0.1, -0.05) is 13.3 Å². The Bertz CT molecular complexity index is 277. The first-order valence-electron chi connectivity index (χ1n) is 6.55. The van der Waals surface area contributed by atoms with Crippen molar-refractivity contribution in [2.75, 3.05) is 27.2 Å². The van der Waals surface area contributed by atoms with E-state index in [9.17, 15) is 9.59 Å². The summed E-state index contributed by atoms with van der Waals surface area (Å²) in [6, 6.07) is 0. The van der Waals surface area contributed by atoms with Gasteiger partial charge in [-0.15, -0.1) is 0 Å². The summed E-state index contributed by atoms with van der Waals surface area (Å²) in [6.07, 6.45) is 4.47. The second kappa shape index (κ2) is 6.62. The number of carbonyl (C=O) groups excluding carboxylic acids is 2. The normalized spacial score (nSPS) is 20.2. The molecule has 1 saturated heterocycles. The van der Waals surface area contributed by atoms with Crippen LogP contribution in [0.25, 0.3) is 0 Å². The Labute approximate surface area is 104 Å². The van der Waals surface area contributed by atoms with E-state index in [2.05, 4.69) is 6.92 Å². The molecule has 4 heteroatoms. The third kappa shape index (κ3) is 4.02. The Hall–Kier alpha value is -1.06. The number of hydrogen-bond donors (Lipinski definition) is 0. The fraction of sp³-hybridized carbons (Fsp3) is 0.846. The number of likely N-dealkylation sites (tertiary alicyclic amines) is 1. The first-order valence-corrected chi connectivity index (χ1v) is 6.55. The molecule has 1 fully saturated rings. The molecule has 1 aliphatic rings. The SMILES string of the molecule is CCCCC(=O)N1CCCC(C(=O)N(C)C)C1. The highest BCUT2D eigenvalue weighted by Crippen LogP contribution is 2.19. The lowest BCUT2D eigenvalue weighted by Gasteiger charge is -2.33. The summed E-state index contributed by atoms with van der Waals surface area (Å²) < 4.78 is 0. The van der Waals surface area contributed by atoms with E-state index in [0.29, 0.717) is 13.0 Å². The summed E-state index contributed by atoms with van der Waals surface area (Å²) in [4.78, 5) is 27.3. The van der Waals surface area contributed by atoms with Crippen LogP contribution in [0.5, 0.6) is 0 Å². The van der Waals surface area contributed by atoms with Crippen LogP contribution < -0.4 is 0 Å². The highest BCUT2D eigenvalue weighted by molar-refractivity contribution is 5.81. The molecule has 0 bridgehead atoms. The van der Waals surface area contributed by atoms with Gasteiger partial charge in [0.25, 0.3) is 0 Å². The topological polar surface area (TPSA) is 40.6 Å². The first kappa shape index (κ1) is 14.0. The van der Waals surface area contributed by atoms with Crippen molar-refractivity contribution in [3.8, 4) is 0 Å².